The Kier molecular flexibility index (Phi) is 3.88. The van der Waals surface area contributed by atoms with Crippen LogP contribution < -0.4 is 5.43 Å². The fraction of sp³-hybridized carbons (Fsp3) is 0.294. The Hall–Kier alpha value is -1.94. The summed E-state index contributed by atoms with van der Waals surface area (Å²) in [6, 6.07) is 8.12. The molecule has 2 aromatic rings. The van der Waals surface area contributed by atoms with Gasteiger partial charge < -0.3 is 0 Å². The fourth-order valence-electron chi connectivity index (χ4n) is 2.63. The van der Waals surface area contributed by atoms with Gasteiger partial charge in [-0.3, -0.25) is 4.79 Å². The van der Waals surface area contributed by atoms with Gasteiger partial charge in [-0.25, -0.2) is 5.43 Å². The topological polar surface area (TPSA) is 41.5 Å². The first-order valence-corrected chi connectivity index (χ1v) is 8.04. The Morgan fingerprint density at radius 3 is 2.81 bits per heavy atom. The van der Waals surface area contributed by atoms with E-state index in [9.17, 15) is 4.79 Å². The zero-order valence-electron chi connectivity index (χ0n) is 12.3. The molecule has 1 aromatic heterocycles. The molecule has 0 radical (unpaired) electrons. The van der Waals surface area contributed by atoms with E-state index in [0.29, 0.717) is 4.88 Å². The Morgan fingerprint density at radius 1 is 1.24 bits per heavy atom. The Bertz CT molecular complexity index is 702. The van der Waals surface area contributed by atoms with Crippen LogP contribution in [0.5, 0.6) is 0 Å². The first-order valence-electron chi connectivity index (χ1n) is 7.16. The summed E-state index contributed by atoms with van der Waals surface area (Å²) in [6.45, 7) is 4.26. The van der Waals surface area contributed by atoms with Gasteiger partial charge >= 0.3 is 0 Å². The van der Waals surface area contributed by atoms with Gasteiger partial charge in [0.2, 0.25) is 0 Å². The third-order valence-corrected chi connectivity index (χ3v) is 4.80. The second kappa shape index (κ2) is 5.82. The maximum absolute atomic E-state index is 12.0. The molecule has 108 valence electrons. The van der Waals surface area contributed by atoms with Gasteiger partial charge in [-0.15, -0.1) is 11.3 Å². The normalized spacial score (nSPS) is 15.8. The van der Waals surface area contributed by atoms with Crippen LogP contribution in [0.4, 0.5) is 0 Å². The minimum absolute atomic E-state index is 0.131. The van der Waals surface area contributed by atoms with Crippen molar-refractivity contribution in [1.82, 2.24) is 5.43 Å². The molecule has 3 nitrogen and oxygen atoms in total. The molecule has 0 atom stereocenters. The number of carbonyl (C=O) groups excluding carboxylic acids is 1. The molecule has 0 bridgehead atoms. The SMILES string of the molecule is Cc1cc2c(cc1C)/C(=N/NC(=O)c1cccs1)CCC2. The van der Waals surface area contributed by atoms with E-state index < -0.39 is 0 Å². The van der Waals surface area contributed by atoms with Gasteiger partial charge in [0.05, 0.1) is 10.6 Å². The first kappa shape index (κ1) is 14.0. The standard InChI is InChI=1S/C17H18N2OS/c1-11-9-13-5-3-6-15(14(13)10-12(11)2)18-19-17(20)16-7-4-8-21-16/h4,7-10H,3,5-6H2,1-2H3,(H,19,20)/b18-15+. The number of amides is 1. The second-order valence-corrected chi connectivity index (χ2v) is 6.37. The van der Waals surface area contributed by atoms with Gasteiger partial charge in [0.1, 0.15) is 0 Å². The number of nitrogens with one attached hydrogen (secondary N) is 1. The third-order valence-electron chi connectivity index (χ3n) is 3.93. The van der Waals surface area contributed by atoms with Crippen molar-refractivity contribution in [3.8, 4) is 0 Å². The lowest BCUT2D eigenvalue weighted by atomic mass is 9.87. The molecule has 0 fully saturated rings. The van der Waals surface area contributed by atoms with Crippen LogP contribution in [-0.4, -0.2) is 11.6 Å². The maximum Gasteiger partial charge on any atom is 0.281 e. The number of benzene rings is 1. The van der Waals surface area contributed by atoms with Crippen LogP contribution in [0.1, 0.15) is 44.8 Å². The molecule has 0 unspecified atom stereocenters. The van der Waals surface area contributed by atoms with E-state index in [1.165, 1.54) is 33.6 Å². The van der Waals surface area contributed by atoms with Crippen molar-refractivity contribution in [2.75, 3.05) is 0 Å². The van der Waals surface area contributed by atoms with E-state index in [4.69, 9.17) is 0 Å². The molecule has 1 aromatic carbocycles. The number of hydrogen-bond donors (Lipinski definition) is 1. The average molecular weight is 298 g/mol. The molecule has 0 spiro atoms. The third kappa shape index (κ3) is 2.90. The molecule has 1 aliphatic rings. The maximum atomic E-state index is 12.0. The van der Waals surface area contributed by atoms with E-state index in [1.807, 2.05) is 17.5 Å². The average Bonchev–Trinajstić information content (AvgIpc) is 3.00. The van der Waals surface area contributed by atoms with E-state index >= 15 is 0 Å². The number of aryl methyl sites for hydroxylation is 3. The highest BCUT2D eigenvalue weighted by molar-refractivity contribution is 7.12. The number of hydrogen-bond acceptors (Lipinski definition) is 3. The van der Waals surface area contributed by atoms with Crippen molar-refractivity contribution in [3.63, 3.8) is 0 Å². The van der Waals surface area contributed by atoms with Crippen LogP contribution >= 0.6 is 11.3 Å². The number of rotatable bonds is 2. The second-order valence-electron chi connectivity index (χ2n) is 5.42. The Balaban J connectivity index is 1.86. The molecule has 0 saturated heterocycles. The molecular formula is C17H18N2OS. The van der Waals surface area contributed by atoms with Gasteiger partial charge in [-0.1, -0.05) is 12.1 Å². The Morgan fingerprint density at radius 2 is 2.05 bits per heavy atom. The summed E-state index contributed by atoms with van der Waals surface area (Å²) in [6.07, 6.45) is 3.10. The minimum Gasteiger partial charge on any atom is -0.266 e. The fourth-order valence-corrected chi connectivity index (χ4v) is 3.24. The molecular weight excluding hydrogens is 280 g/mol. The van der Waals surface area contributed by atoms with E-state index in [-0.39, 0.29) is 5.91 Å². The highest BCUT2D eigenvalue weighted by Crippen LogP contribution is 2.25. The van der Waals surface area contributed by atoms with Crippen molar-refractivity contribution < 1.29 is 4.79 Å². The van der Waals surface area contributed by atoms with Crippen molar-refractivity contribution >= 4 is 23.0 Å². The number of carbonyl (C=O) groups is 1. The van der Waals surface area contributed by atoms with E-state index in [2.05, 4.69) is 36.5 Å². The highest BCUT2D eigenvalue weighted by atomic mass is 32.1. The lowest BCUT2D eigenvalue weighted by Crippen LogP contribution is -2.21. The number of nitrogens with zero attached hydrogens (tertiary/aromatic N) is 1. The lowest BCUT2D eigenvalue weighted by molar-refractivity contribution is 0.0959. The van der Waals surface area contributed by atoms with E-state index in [0.717, 1.165) is 25.0 Å². The zero-order valence-corrected chi connectivity index (χ0v) is 13.1. The van der Waals surface area contributed by atoms with Crippen LogP contribution in [0.2, 0.25) is 0 Å². The van der Waals surface area contributed by atoms with Crippen LogP contribution in [0, 0.1) is 13.8 Å². The number of thiophene rings is 1. The van der Waals surface area contributed by atoms with Crippen LogP contribution in [-0.2, 0) is 6.42 Å². The van der Waals surface area contributed by atoms with Gasteiger partial charge in [0, 0.05) is 5.56 Å². The summed E-state index contributed by atoms with van der Waals surface area (Å²) in [7, 11) is 0. The number of fused-ring (bicyclic) bond motifs is 1. The van der Waals surface area contributed by atoms with Crippen molar-refractivity contribution in [1.29, 1.82) is 0 Å². The predicted molar refractivity (Wildman–Crippen MR) is 87.2 cm³/mol. The summed E-state index contributed by atoms with van der Waals surface area (Å²) in [5.74, 6) is -0.131. The predicted octanol–water partition coefficient (Wildman–Crippen LogP) is 3.84. The molecule has 21 heavy (non-hydrogen) atoms. The zero-order chi connectivity index (χ0) is 14.8. The monoisotopic (exact) mass is 298 g/mol. The summed E-state index contributed by atoms with van der Waals surface area (Å²) < 4.78 is 0. The van der Waals surface area contributed by atoms with Crippen LogP contribution in [0.3, 0.4) is 0 Å². The summed E-state index contributed by atoms with van der Waals surface area (Å²) in [5, 5.41) is 6.27. The molecule has 1 heterocycles. The van der Waals surface area contributed by atoms with Gasteiger partial charge in [0.15, 0.2) is 0 Å². The minimum atomic E-state index is -0.131. The van der Waals surface area contributed by atoms with Crippen molar-refractivity contribution in [2.45, 2.75) is 33.1 Å². The molecule has 1 N–H and O–H groups in total. The largest absolute Gasteiger partial charge is 0.281 e. The van der Waals surface area contributed by atoms with Gasteiger partial charge in [-0.05, 0) is 67.3 Å². The quantitative estimate of drug-likeness (QED) is 0.841. The molecule has 1 aliphatic carbocycles. The molecule has 3 rings (SSSR count). The lowest BCUT2D eigenvalue weighted by Gasteiger charge is -2.19. The Labute approximate surface area is 128 Å². The first-order chi connectivity index (χ1) is 10.1. The van der Waals surface area contributed by atoms with Crippen LogP contribution in [0.25, 0.3) is 0 Å². The smallest absolute Gasteiger partial charge is 0.266 e. The summed E-state index contributed by atoms with van der Waals surface area (Å²) in [4.78, 5) is 12.7. The molecule has 0 aliphatic heterocycles. The van der Waals surface area contributed by atoms with E-state index in [1.54, 1.807) is 0 Å². The van der Waals surface area contributed by atoms with Crippen LogP contribution in [0.15, 0.2) is 34.7 Å². The molecule has 4 heteroatoms. The van der Waals surface area contributed by atoms with Gasteiger partial charge in [-0.2, -0.15) is 5.10 Å². The highest BCUT2D eigenvalue weighted by Gasteiger charge is 2.17. The van der Waals surface area contributed by atoms with Crippen molar-refractivity contribution in [3.05, 3.63) is 56.8 Å². The molecule has 1 amide bonds. The molecule has 0 saturated carbocycles. The summed E-state index contributed by atoms with van der Waals surface area (Å²) in [5.41, 5.74) is 8.80. The number of hydrazone groups is 1. The summed E-state index contributed by atoms with van der Waals surface area (Å²) >= 11 is 1.43. The van der Waals surface area contributed by atoms with Gasteiger partial charge in [0.25, 0.3) is 5.91 Å². The van der Waals surface area contributed by atoms with Crippen molar-refractivity contribution in [2.24, 2.45) is 5.10 Å².